The highest BCUT2D eigenvalue weighted by Crippen LogP contribution is 2.35. The van der Waals surface area contributed by atoms with E-state index in [1.165, 1.54) is 11.9 Å². The number of hydrogen-bond acceptors (Lipinski definition) is 2. The molecule has 1 aliphatic rings. The van der Waals surface area contributed by atoms with Crippen molar-refractivity contribution >= 4 is 17.7 Å². The molecule has 1 atom stereocenters. The summed E-state index contributed by atoms with van der Waals surface area (Å²) in [4.78, 5) is 25.8. The Bertz CT molecular complexity index is 551. The number of urea groups is 1. The molecule has 0 fully saturated rings. The van der Waals surface area contributed by atoms with Crippen LogP contribution in [0.3, 0.4) is 0 Å². The molecule has 0 aliphatic carbocycles. The monoisotopic (exact) mass is 298 g/mol. The number of hydrogen-bond donors (Lipinski definition) is 1. The summed E-state index contributed by atoms with van der Waals surface area (Å²) in [7, 11) is 1.31. The molecule has 114 valence electrons. The summed E-state index contributed by atoms with van der Waals surface area (Å²) in [5, 5.41) is 9.22. The Balaban J connectivity index is 2.29. The standard InChI is InChI=1S/C14H16F2N2O3/c1-17(8-12(15)16)14(21)18-7-6-10(13(19)20)9-4-2-3-5-11(9)18/h2-5,10,12H,6-8H2,1H3,(H,19,20). The third-order valence-corrected chi connectivity index (χ3v) is 3.51. The van der Waals surface area contributed by atoms with Crippen molar-refractivity contribution in [3.05, 3.63) is 29.8 Å². The molecule has 0 bridgehead atoms. The third-order valence-electron chi connectivity index (χ3n) is 3.51. The van der Waals surface area contributed by atoms with Crippen LogP contribution >= 0.6 is 0 Å². The van der Waals surface area contributed by atoms with Gasteiger partial charge in [0.05, 0.1) is 12.5 Å². The van der Waals surface area contributed by atoms with Gasteiger partial charge in [-0.2, -0.15) is 0 Å². The van der Waals surface area contributed by atoms with Crippen LogP contribution in [0.2, 0.25) is 0 Å². The Kier molecular flexibility index (Phi) is 4.40. The fourth-order valence-electron chi connectivity index (χ4n) is 2.51. The zero-order valence-electron chi connectivity index (χ0n) is 11.5. The number of rotatable bonds is 3. The minimum Gasteiger partial charge on any atom is -0.481 e. The number of carboxylic acids is 1. The van der Waals surface area contributed by atoms with E-state index in [1.54, 1.807) is 24.3 Å². The van der Waals surface area contributed by atoms with Gasteiger partial charge in [-0.25, -0.2) is 13.6 Å². The Morgan fingerprint density at radius 3 is 2.71 bits per heavy atom. The van der Waals surface area contributed by atoms with Crippen molar-refractivity contribution in [2.75, 3.05) is 25.0 Å². The van der Waals surface area contributed by atoms with Gasteiger partial charge in [-0.1, -0.05) is 18.2 Å². The van der Waals surface area contributed by atoms with E-state index in [0.29, 0.717) is 11.3 Å². The van der Waals surface area contributed by atoms with E-state index in [4.69, 9.17) is 0 Å². The van der Waals surface area contributed by atoms with Crippen LogP contribution < -0.4 is 4.90 Å². The van der Waals surface area contributed by atoms with Crippen LogP contribution in [0.5, 0.6) is 0 Å². The largest absolute Gasteiger partial charge is 0.481 e. The van der Waals surface area contributed by atoms with Gasteiger partial charge in [-0.3, -0.25) is 9.69 Å². The summed E-state index contributed by atoms with van der Waals surface area (Å²) in [5.41, 5.74) is 1.01. The SMILES string of the molecule is CN(CC(F)F)C(=O)N1CCC(C(=O)O)c2ccccc21. The molecule has 2 amide bonds. The van der Waals surface area contributed by atoms with E-state index < -0.39 is 30.9 Å². The fraction of sp³-hybridized carbons (Fsp3) is 0.429. The van der Waals surface area contributed by atoms with Gasteiger partial charge in [0.2, 0.25) is 0 Å². The second-order valence-corrected chi connectivity index (χ2v) is 4.94. The van der Waals surface area contributed by atoms with Gasteiger partial charge in [0.25, 0.3) is 6.43 Å². The predicted molar refractivity (Wildman–Crippen MR) is 72.8 cm³/mol. The summed E-state index contributed by atoms with van der Waals surface area (Å²) >= 11 is 0. The Hall–Kier alpha value is -2.18. The molecule has 1 aliphatic heterocycles. The molecular formula is C14H16F2N2O3. The molecule has 5 nitrogen and oxygen atoms in total. The summed E-state index contributed by atoms with van der Waals surface area (Å²) in [5.74, 6) is -1.62. The van der Waals surface area contributed by atoms with E-state index in [1.807, 2.05) is 0 Å². The minimum atomic E-state index is -2.61. The molecule has 1 heterocycles. The van der Waals surface area contributed by atoms with Crippen LogP contribution in [0, 0.1) is 0 Å². The molecular weight excluding hydrogens is 282 g/mol. The molecule has 0 radical (unpaired) electrons. The lowest BCUT2D eigenvalue weighted by Gasteiger charge is -2.35. The minimum absolute atomic E-state index is 0.195. The van der Waals surface area contributed by atoms with Crippen LogP contribution in [0.25, 0.3) is 0 Å². The quantitative estimate of drug-likeness (QED) is 0.932. The van der Waals surface area contributed by atoms with Gasteiger partial charge in [0.15, 0.2) is 0 Å². The molecule has 7 heteroatoms. The Labute approximate surface area is 120 Å². The molecule has 1 aromatic carbocycles. The highest BCUT2D eigenvalue weighted by Gasteiger charge is 2.33. The number of anilines is 1. The fourth-order valence-corrected chi connectivity index (χ4v) is 2.51. The van der Waals surface area contributed by atoms with Gasteiger partial charge in [0, 0.05) is 19.3 Å². The number of nitrogens with zero attached hydrogens (tertiary/aromatic N) is 2. The summed E-state index contributed by atoms with van der Waals surface area (Å²) in [6.45, 7) is -0.458. The van der Waals surface area contributed by atoms with Gasteiger partial charge < -0.3 is 10.0 Å². The first kappa shape index (κ1) is 15.2. The van der Waals surface area contributed by atoms with Crippen LogP contribution in [0.4, 0.5) is 19.3 Å². The normalized spacial score (nSPS) is 17.5. The van der Waals surface area contributed by atoms with Crippen molar-refractivity contribution in [3.8, 4) is 0 Å². The second-order valence-electron chi connectivity index (χ2n) is 4.94. The number of aliphatic carboxylic acids is 1. The first-order valence-corrected chi connectivity index (χ1v) is 6.54. The Morgan fingerprint density at radius 2 is 2.10 bits per heavy atom. The van der Waals surface area contributed by atoms with Gasteiger partial charge in [-0.05, 0) is 18.1 Å². The van der Waals surface area contributed by atoms with Crippen molar-refractivity contribution in [1.29, 1.82) is 0 Å². The maximum absolute atomic E-state index is 12.4. The molecule has 21 heavy (non-hydrogen) atoms. The van der Waals surface area contributed by atoms with Crippen LogP contribution in [-0.4, -0.2) is 48.6 Å². The number of carboxylic acid groups (broad SMARTS) is 1. The number of amides is 2. The lowest BCUT2D eigenvalue weighted by Crippen LogP contribution is -2.46. The number of para-hydroxylation sites is 1. The van der Waals surface area contributed by atoms with Crippen LogP contribution in [-0.2, 0) is 4.79 Å². The molecule has 1 aromatic rings. The van der Waals surface area contributed by atoms with Crippen molar-refractivity contribution in [3.63, 3.8) is 0 Å². The van der Waals surface area contributed by atoms with Gasteiger partial charge in [0.1, 0.15) is 0 Å². The van der Waals surface area contributed by atoms with Gasteiger partial charge >= 0.3 is 12.0 Å². The van der Waals surface area contributed by atoms with Crippen molar-refractivity contribution in [2.24, 2.45) is 0 Å². The highest BCUT2D eigenvalue weighted by atomic mass is 19.3. The zero-order chi connectivity index (χ0) is 15.6. The molecule has 0 saturated carbocycles. The van der Waals surface area contributed by atoms with Crippen molar-refractivity contribution in [1.82, 2.24) is 4.90 Å². The first-order chi connectivity index (χ1) is 9.91. The predicted octanol–water partition coefficient (Wildman–Crippen LogP) is 2.38. The summed E-state index contributed by atoms with van der Waals surface area (Å²) < 4.78 is 24.8. The molecule has 0 saturated heterocycles. The molecule has 0 aromatic heterocycles. The maximum atomic E-state index is 12.4. The number of halogens is 2. The Morgan fingerprint density at radius 1 is 1.43 bits per heavy atom. The third kappa shape index (κ3) is 3.12. The lowest BCUT2D eigenvalue weighted by atomic mass is 9.90. The number of benzene rings is 1. The first-order valence-electron chi connectivity index (χ1n) is 6.54. The van der Waals surface area contributed by atoms with E-state index >= 15 is 0 Å². The molecule has 2 rings (SSSR count). The topological polar surface area (TPSA) is 60.9 Å². The lowest BCUT2D eigenvalue weighted by molar-refractivity contribution is -0.139. The molecule has 1 N–H and O–H groups in total. The van der Waals surface area contributed by atoms with Crippen LogP contribution in [0.1, 0.15) is 17.9 Å². The average molecular weight is 298 g/mol. The number of alkyl halides is 2. The van der Waals surface area contributed by atoms with Crippen molar-refractivity contribution < 1.29 is 23.5 Å². The molecule has 1 unspecified atom stereocenters. The van der Waals surface area contributed by atoms with E-state index in [-0.39, 0.29) is 13.0 Å². The highest BCUT2D eigenvalue weighted by molar-refractivity contribution is 5.95. The number of carbonyl (C=O) groups excluding carboxylic acids is 1. The zero-order valence-corrected chi connectivity index (χ0v) is 11.5. The summed E-state index contributed by atoms with van der Waals surface area (Å²) in [6.07, 6.45) is -2.34. The van der Waals surface area contributed by atoms with Crippen molar-refractivity contribution in [2.45, 2.75) is 18.8 Å². The van der Waals surface area contributed by atoms with Gasteiger partial charge in [-0.15, -0.1) is 0 Å². The van der Waals surface area contributed by atoms with E-state index in [0.717, 1.165) is 4.90 Å². The smallest absolute Gasteiger partial charge is 0.324 e. The average Bonchev–Trinajstić information content (AvgIpc) is 2.44. The van der Waals surface area contributed by atoms with Crippen LogP contribution in [0.15, 0.2) is 24.3 Å². The van der Waals surface area contributed by atoms with E-state index in [9.17, 15) is 23.5 Å². The second kappa shape index (κ2) is 6.07. The summed E-state index contributed by atoms with van der Waals surface area (Å²) in [6, 6.07) is 6.13. The number of fused-ring (bicyclic) bond motifs is 1. The number of carbonyl (C=O) groups is 2. The maximum Gasteiger partial charge on any atom is 0.324 e. The molecule has 0 spiro atoms. The van der Waals surface area contributed by atoms with E-state index in [2.05, 4.69) is 0 Å².